The summed E-state index contributed by atoms with van der Waals surface area (Å²) in [6.45, 7) is 7.48. The maximum absolute atomic E-state index is 14.4. The van der Waals surface area contributed by atoms with E-state index in [1.165, 1.54) is 0 Å². The number of nitrogens with one attached hydrogen (secondary N) is 1. The molecule has 2 saturated carbocycles. The number of ketones is 1. The van der Waals surface area contributed by atoms with Crippen LogP contribution in [-0.4, -0.2) is 56.5 Å². The number of carbonyl (C=O) groups is 2. The number of esters is 1. The number of aliphatic hydroxyl groups excluding tert-OH is 2. The van der Waals surface area contributed by atoms with E-state index in [2.05, 4.69) is 18.8 Å². The van der Waals surface area contributed by atoms with Crippen molar-refractivity contribution in [2.75, 3.05) is 6.61 Å². The molecule has 1 aromatic carbocycles. The molecule has 0 aliphatic heterocycles. The number of Topliss-reactive ketones (excluding diaryl/α,β-unsaturated/α-hetero) is 1. The van der Waals surface area contributed by atoms with Gasteiger partial charge in [0.25, 0.3) is 0 Å². The Balaban J connectivity index is 1.48. The van der Waals surface area contributed by atoms with E-state index in [9.17, 15) is 24.9 Å². The second-order valence-corrected chi connectivity index (χ2v) is 11.9. The maximum Gasteiger partial charge on any atom is 0.340 e. The van der Waals surface area contributed by atoms with Crippen LogP contribution in [0.5, 0.6) is 0 Å². The molecule has 7 heteroatoms. The standard InChI is InChI=1S/C29H33NO6/c1-14-12-28-15(2)10-20-21(27(20,3)4)19(24(28)33)11-17(13-31)23(32)29(28,35)25(14)36-26(34)18-7-5-6-16-8-9-30-22(16)18/h5-9,11-12,15,19-21,23,25,30-32,35H,10,13H2,1-4H3/t15-,19+,20-,21+,23-,25+,28+,29+/m1/s1. The first-order valence-corrected chi connectivity index (χ1v) is 12.7. The van der Waals surface area contributed by atoms with Gasteiger partial charge in [0.1, 0.15) is 6.10 Å². The van der Waals surface area contributed by atoms with E-state index in [0.29, 0.717) is 23.1 Å². The third kappa shape index (κ3) is 2.68. The van der Waals surface area contributed by atoms with Gasteiger partial charge >= 0.3 is 5.97 Å². The van der Waals surface area contributed by atoms with Gasteiger partial charge in [0.15, 0.2) is 17.5 Å². The minimum atomic E-state index is -2.14. The number of carbonyl (C=O) groups excluding carboxylic acids is 2. The molecule has 0 amide bonds. The Morgan fingerprint density at radius 2 is 2.00 bits per heavy atom. The Kier molecular flexibility index (Phi) is 4.86. The number of allylic oxidation sites excluding steroid dienone is 1. The molecular weight excluding hydrogens is 458 g/mol. The average Bonchev–Trinajstić information content (AvgIpc) is 3.15. The first kappa shape index (κ1) is 23.6. The van der Waals surface area contributed by atoms with Crippen molar-refractivity contribution in [1.82, 2.24) is 4.98 Å². The van der Waals surface area contributed by atoms with Crippen LogP contribution in [0.3, 0.4) is 0 Å². The fourth-order valence-electron chi connectivity index (χ4n) is 8.02. The smallest absolute Gasteiger partial charge is 0.340 e. The van der Waals surface area contributed by atoms with Crippen molar-refractivity contribution in [3.05, 3.63) is 59.3 Å². The van der Waals surface area contributed by atoms with Gasteiger partial charge in [-0.3, -0.25) is 4.79 Å². The van der Waals surface area contributed by atoms with Crippen molar-refractivity contribution >= 4 is 22.7 Å². The van der Waals surface area contributed by atoms with Gasteiger partial charge in [-0.2, -0.15) is 0 Å². The highest BCUT2D eigenvalue weighted by molar-refractivity contribution is 6.03. The third-order valence-corrected chi connectivity index (χ3v) is 9.93. The third-order valence-electron chi connectivity index (χ3n) is 9.93. The summed E-state index contributed by atoms with van der Waals surface area (Å²) in [5.74, 6) is -1.30. The maximum atomic E-state index is 14.4. The van der Waals surface area contributed by atoms with Crippen LogP contribution in [0.25, 0.3) is 10.9 Å². The second-order valence-electron chi connectivity index (χ2n) is 11.9. The average molecular weight is 492 g/mol. The molecule has 7 nitrogen and oxygen atoms in total. The molecule has 4 aliphatic carbocycles. The monoisotopic (exact) mass is 491 g/mol. The van der Waals surface area contributed by atoms with Crippen LogP contribution in [0, 0.1) is 34.5 Å². The van der Waals surface area contributed by atoms with Crippen LogP contribution in [0.1, 0.15) is 44.5 Å². The topological polar surface area (TPSA) is 120 Å². The van der Waals surface area contributed by atoms with Crippen LogP contribution >= 0.6 is 0 Å². The van der Waals surface area contributed by atoms with Crippen molar-refractivity contribution in [3.8, 4) is 0 Å². The summed E-state index contributed by atoms with van der Waals surface area (Å²) in [5, 5.41) is 35.2. The first-order valence-electron chi connectivity index (χ1n) is 12.7. The van der Waals surface area contributed by atoms with Crippen molar-refractivity contribution in [1.29, 1.82) is 0 Å². The van der Waals surface area contributed by atoms with Crippen molar-refractivity contribution in [2.24, 2.45) is 34.5 Å². The summed E-state index contributed by atoms with van der Waals surface area (Å²) in [5.41, 5.74) is -1.99. The van der Waals surface area contributed by atoms with E-state index < -0.39 is 41.7 Å². The summed E-state index contributed by atoms with van der Waals surface area (Å²) in [7, 11) is 0. The van der Waals surface area contributed by atoms with Gasteiger partial charge in [0.2, 0.25) is 0 Å². The lowest BCUT2D eigenvalue weighted by Gasteiger charge is -2.48. The number of H-pyrrole nitrogens is 1. The fourth-order valence-corrected chi connectivity index (χ4v) is 8.02. The molecular formula is C29H33NO6. The fraction of sp³-hybridized carbons (Fsp3) is 0.517. The molecule has 4 N–H and O–H groups in total. The lowest BCUT2D eigenvalue weighted by atomic mass is 9.59. The van der Waals surface area contributed by atoms with Crippen molar-refractivity contribution in [2.45, 2.75) is 51.9 Å². The van der Waals surface area contributed by atoms with E-state index in [4.69, 9.17) is 4.74 Å². The molecule has 0 saturated heterocycles. The Morgan fingerprint density at radius 1 is 1.25 bits per heavy atom. The molecule has 1 aromatic heterocycles. The molecule has 8 atom stereocenters. The molecule has 190 valence electrons. The normalized spacial score (nSPS) is 40.5. The number of rotatable bonds is 3. The quantitative estimate of drug-likeness (QED) is 0.387. The minimum absolute atomic E-state index is 0.0430. The lowest BCUT2D eigenvalue weighted by Crippen LogP contribution is -2.65. The van der Waals surface area contributed by atoms with Crippen LogP contribution < -0.4 is 0 Å². The number of aromatic amines is 1. The van der Waals surface area contributed by atoms with Crippen LogP contribution in [0.15, 0.2) is 53.8 Å². The zero-order chi connectivity index (χ0) is 25.8. The molecule has 6 rings (SSSR count). The zero-order valence-corrected chi connectivity index (χ0v) is 21.0. The predicted octanol–water partition coefficient (Wildman–Crippen LogP) is 3.16. The molecule has 2 bridgehead atoms. The second kappa shape index (κ2) is 7.40. The van der Waals surface area contributed by atoms with Gasteiger partial charge in [-0.1, -0.05) is 45.1 Å². The Labute approximate surface area is 209 Å². The Bertz CT molecular complexity index is 1350. The molecule has 1 spiro atoms. The summed E-state index contributed by atoms with van der Waals surface area (Å²) in [6, 6.07) is 7.12. The van der Waals surface area contributed by atoms with Crippen LogP contribution in [-0.2, 0) is 9.53 Å². The SMILES string of the molecule is CC1=C[C@]23C(=O)[C@@H](C=C(CO)[C@@H](O)[C@]2(O)[C@H]1OC(=O)c1cccc2cc[nH]c12)[C@H]1[C@@H](C[C@H]3C)C1(C)C. The van der Waals surface area contributed by atoms with E-state index >= 15 is 0 Å². The number of aromatic nitrogens is 1. The number of hydrogen-bond donors (Lipinski definition) is 4. The van der Waals surface area contributed by atoms with Crippen molar-refractivity contribution < 1.29 is 29.6 Å². The number of ether oxygens (including phenoxy) is 1. The molecule has 4 aliphatic rings. The van der Waals surface area contributed by atoms with E-state index in [1.54, 1.807) is 37.4 Å². The minimum Gasteiger partial charge on any atom is -0.451 e. The number of benzene rings is 1. The van der Waals surface area contributed by atoms with Gasteiger partial charge in [0.05, 0.1) is 23.1 Å². The zero-order valence-electron chi connectivity index (χ0n) is 21.0. The highest BCUT2D eigenvalue weighted by atomic mass is 16.6. The first-order chi connectivity index (χ1) is 17.0. The van der Waals surface area contributed by atoms with E-state index in [0.717, 1.165) is 5.39 Å². The largest absolute Gasteiger partial charge is 0.451 e. The molecule has 1 heterocycles. The number of aliphatic hydroxyl groups is 3. The molecule has 2 aromatic rings. The Morgan fingerprint density at radius 3 is 2.72 bits per heavy atom. The number of fused-ring (bicyclic) bond motifs is 4. The lowest BCUT2D eigenvalue weighted by molar-refractivity contribution is -0.190. The van der Waals surface area contributed by atoms with E-state index in [-0.39, 0.29) is 34.5 Å². The molecule has 0 unspecified atom stereocenters. The van der Waals surface area contributed by atoms with E-state index in [1.807, 2.05) is 19.1 Å². The van der Waals surface area contributed by atoms with Crippen molar-refractivity contribution in [3.63, 3.8) is 0 Å². The number of hydrogen-bond acceptors (Lipinski definition) is 6. The van der Waals surface area contributed by atoms with Crippen LogP contribution in [0.2, 0.25) is 0 Å². The highest BCUT2D eigenvalue weighted by Gasteiger charge is 2.76. The summed E-state index contributed by atoms with van der Waals surface area (Å²) >= 11 is 0. The molecule has 2 fully saturated rings. The molecule has 36 heavy (non-hydrogen) atoms. The summed E-state index contributed by atoms with van der Waals surface area (Å²) in [4.78, 5) is 30.9. The molecule has 0 radical (unpaired) electrons. The Hall–Kier alpha value is -2.74. The summed E-state index contributed by atoms with van der Waals surface area (Å²) in [6.07, 6.45) is 3.03. The van der Waals surface area contributed by atoms with Gasteiger partial charge < -0.3 is 25.0 Å². The van der Waals surface area contributed by atoms with Gasteiger partial charge in [-0.25, -0.2) is 4.79 Å². The number of para-hydroxylation sites is 1. The van der Waals surface area contributed by atoms with Gasteiger partial charge in [-0.05, 0) is 59.8 Å². The van der Waals surface area contributed by atoms with Gasteiger partial charge in [-0.15, -0.1) is 0 Å². The summed E-state index contributed by atoms with van der Waals surface area (Å²) < 4.78 is 5.98. The highest BCUT2D eigenvalue weighted by Crippen LogP contribution is 2.71. The predicted molar refractivity (Wildman–Crippen MR) is 133 cm³/mol. The van der Waals surface area contributed by atoms with Crippen LogP contribution in [0.4, 0.5) is 0 Å². The van der Waals surface area contributed by atoms with Gasteiger partial charge in [0, 0.05) is 17.5 Å².